The molecule has 1 heterocycles. The first-order valence-corrected chi connectivity index (χ1v) is 8.92. The molecule has 0 saturated carbocycles. The molecule has 0 spiro atoms. The molecule has 2 rings (SSSR count). The molecule has 0 radical (unpaired) electrons. The lowest BCUT2D eigenvalue weighted by molar-refractivity contribution is 0.407. The van der Waals surface area contributed by atoms with E-state index in [2.05, 4.69) is 22.6 Å². The van der Waals surface area contributed by atoms with Crippen molar-refractivity contribution in [3.63, 3.8) is 0 Å². The van der Waals surface area contributed by atoms with Crippen molar-refractivity contribution in [2.75, 3.05) is 6.54 Å². The van der Waals surface area contributed by atoms with Crippen molar-refractivity contribution in [1.29, 1.82) is 0 Å². The maximum Gasteiger partial charge on any atom is 0.243 e. The lowest BCUT2D eigenvalue weighted by Crippen LogP contribution is -2.38. The zero-order valence-corrected chi connectivity index (χ0v) is 13.7. The number of halogens is 2. The van der Waals surface area contributed by atoms with Gasteiger partial charge in [0, 0.05) is 6.54 Å². The Hall–Kier alpha value is 0.150. The maximum atomic E-state index is 12.5. The predicted octanol–water partition coefficient (Wildman–Crippen LogP) is 3.15. The fourth-order valence-electron chi connectivity index (χ4n) is 2.16. The lowest BCUT2D eigenvalue weighted by atomic mass is 10.2. The van der Waals surface area contributed by atoms with Crippen LogP contribution in [0.4, 0.5) is 0 Å². The minimum atomic E-state index is -3.41. The molecular weight excluding hydrogens is 385 g/mol. The molecule has 0 amide bonds. The summed E-state index contributed by atoms with van der Waals surface area (Å²) < 4.78 is 26.4. The highest BCUT2D eigenvalue weighted by Crippen LogP contribution is 2.32. The SMILES string of the molecule is Cc1ccc(S(=O)(=O)N2CCCC2C(Cl)I)cc1. The molecule has 1 aliphatic rings. The van der Waals surface area contributed by atoms with Crippen LogP contribution in [-0.2, 0) is 10.0 Å². The van der Waals surface area contributed by atoms with E-state index in [1.54, 1.807) is 16.4 Å². The molecule has 0 N–H and O–H groups in total. The van der Waals surface area contributed by atoms with Crippen molar-refractivity contribution in [2.45, 2.75) is 34.1 Å². The van der Waals surface area contributed by atoms with E-state index in [9.17, 15) is 8.42 Å². The molecule has 1 aliphatic heterocycles. The summed E-state index contributed by atoms with van der Waals surface area (Å²) in [5.74, 6) is 0. The summed E-state index contributed by atoms with van der Waals surface area (Å²) in [6, 6.07) is 6.87. The third kappa shape index (κ3) is 2.84. The molecule has 18 heavy (non-hydrogen) atoms. The van der Waals surface area contributed by atoms with Crippen molar-refractivity contribution in [1.82, 2.24) is 4.31 Å². The normalized spacial score (nSPS) is 23.2. The van der Waals surface area contributed by atoms with Crippen LogP contribution in [0, 0.1) is 6.92 Å². The second-order valence-electron chi connectivity index (χ2n) is 4.47. The first-order valence-electron chi connectivity index (χ1n) is 5.79. The van der Waals surface area contributed by atoms with E-state index >= 15 is 0 Å². The number of alkyl halides is 2. The Morgan fingerprint density at radius 2 is 2.00 bits per heavy atom. The first kappa shape index (κ1) is 14.6. The van der Waals surface area contributed by atoms with Crippen LogP contribution in [0.25, 0.3) is 0 Å². The zero-order valence-electron chi connectivity index (χ0n) is 10.0. The Labute approximate surface area is 127 Å². The summed E-state index contributed by atoms with van der Waals surface area (Å²) in [5, 5.41) is 0. The molecular formula is C12H15ClINO2S. The first-order chi connectivity index (χ1) is 8.43. The van der Waals surface area contributed by atoms with Gasteiger partial charge in [0.15, 0.2) is 0 Å². The molecule has 6 heteroatoms. The Morgan fingerprint density at radius 1 is 1.39 bits per heavy atom. The van der Waals surface area contributed by atoms with Gasteiger partial charge in [-0.3, -0.25) is 0 Å². The van der Waals surface area contributed by atoms with E-state index in [-0.39, 0.29) is 9.43 Å². The van der Waals surface area contributed by atoms with Crippen LogP contribution >= 0.6 is 34.2 Å². The molecule has 0 aliphatic carbocycles. The van der Waals surface area contributed by atoms with Gasteiger partial charge in [0.2, 0.25) is 10.0 Å². The van der Waals surface area contributed by atoms with Crippen molar-refractivity contribution in [3.8, 4) is 0 Å². The number of aryl methyl sites for hydroxylation is 1. The van der Waals surface area contributed by atoms with Gasteiger partial charge in [0.1, 0.15) is 3.38 Å². The third-order valence-corrected chi connectivity index (χ3v) is 6.23. The number of sulfonamides is 1. The van der Waals surface area contributed by atoms with Crippen molar-refractivity contribution >= 4 is 44.2 Å². The quantitative estimate of drug-likeness (QED) is 0.578. The van der Waals surface area contributed by atoms with Crippen LogP contribution in [0.1, 0.15) is 18.4 Å². The lowest BCUT2D eigenvalue weighted by Gasteiger charge is -2.25. The van der Waals surface area contributed by atoms with Crippen LogP contribution in [0.15, 0.2) is 29.2 Å². The molecule has 1 aromatic carbocycles. The maximum absolute atomic E-state index is 12.5. The summed E-state index contributed by atoms with van der Waals surface area (Å²) in [6.45, 7) is 2.50. The van der Waals surface area contributed by atoms with Crippen LogP contribution < -0.4 is 0 Å². The highest BCUT2D eigenvalue weighted by Gasteiger charge is 2.38. The van der Waals surface area contributed by atoms with Crippen molar-refractivity contribution < 1.29 is 8.42 Å². The van der Waals surface area contributed by atoms with Gasteiger partial charge in [0.25, 0.3) is 0 Å². The van der Waals surface area contributed by atoms with Crippen molar-refractivity contribution in [2.24, 2.45) is 0 Å². The molecule has 1 fully saturated rings. The van der Waals surface area contributed by atoms with Gasteiger partial charge in [-0.1, -0.05) is 40.3 Å². The van der Waals surface area contributed by atoms with Gasteiger partial charge >= 0.3 is 0 Å². The van der Waals surface area contributed by atoms with E-state index in [1.165, 1.54) is 0 Å². The number of hydrogen-bond acceptors (Lipinski definition) is 2. The molecule has 2 unspecified atom stereocenters. The summed E-state index contributed by atoms with van der Waals surface area (Å²) in [4.78, 5) is 0.355. The Kier molecular flexibility index (Phi) is 4.57. The average Bonchev–Trinajstić information content (AvgIpc) is 2.79. The van der Waals surface area contributed by atoms with Crippen LogP contribution in [0.2, 0.25) is 0 Å². The Morgan fingerprint density at radius 3 is 2.56 bits per heavy atom. The highest BCUT2D eigenvalue weighted by molar-refractivity contribution is 14.1. The summed E-state index contributed by atoms with van der Waals surface area (Å²) in [7, 11) is -3.41. The molecule has 0 bridgehead atoms. The molecule has 3 nitrogen and oxygen atoms in total. The van der Waals surface area contributed by atoms with Gasteiger partial charge < -0.3 is 0 Å². The monoisotopic (exact) mass is 399 g/mol. The molecule has 100 valence electrons. The number of rotatable bonds is 3. The minimum absolute atomic E-state index is 0.0985. The molecule has 0 aromatic heterocycles. The van der Waals surface area contributed by atoms with Gasteiger partial charge in [-0.05, 0) is 31.9 Å². The molecule has 1 saturated heterocycles. The van der Waals surface area contributed by atoms with E-state index in [4.69, 9.17) is 11.6 Å². The van der Waals surface area contributed by atoms with Crippen LogP contribution in [-0.4, -0.2) is 28.7 Å². The molecule has 1 aromatic rings. The smallest absolute Gasteiger partial charge is 0.207 e. The van der Waals surface area contributed by atoms with Gasteiger partial charge in [0.05, 0.1) is 10.9 Å². The van der Waals surface area contributed by atoms with E-state index in [0.717, 1.165) is 18.4 Å². The fourth-order valence-corrected chi connectivity index (χ4v) is 5.16. The topological polar surface area (TPSA) is 37.4 Å². The predicted molar refractivity (Wildman–Crippen MR) is 81.8 cm³/mol. The largest absolute Gasteiger partial charge is 0.243 e. The highest BCUT2D eigenvalue weighted by atomic mass is 127. The number of hydrogen-bond donors (Lipinski definition) is 0. The second kappa shape index (κ2) is 5.64. The molecule has 2 atom stereocenters. The van der Waals surface area contributed by atoms with Gasteiger partial charge in [-0.2, -0.15) is 4.31 Å². The van der Waals surface area contributed by atoms with Crippen molar-refractivity contribution in [3.05, 3.63) is 29.8 Å². The van der Waals surface area contributed by atoms with Gasteiger partial charge in [-0.15, -0.1) is 11.6 Å². The summed E-state index contributed by atoms with van der Waals surface area (Å²) in [5.41, 5.74) is 1.05. The average molecular weight is 400 g/mol. The second-order valence-corrected chi connectivity index (χ2v) is 8.91. The summed E-state index contributed by atoms with van der Waals surface area (Å²) >= 11 is 8.16. The Balaban J connectivity index is 2.33. The standard InChI is InChI=1S/C12H15ClINO2S/c1-9-4-6-10(7-5-9)18(16,17)15-8-2-3-11(15)12(13)14/h4-7,11-12H,2-3,8H2,1H3. The summed E-state index contributed by atoms with van der Waals surface area (Å²) in [6.07, 6.45) is 1.71. The van der Waals surface area contributed by atoms with E-state index in [1.807, 2.05) is 19.1 Å². The number of nitrogens with zero attached hydrogens (tertiary/aromatic N) is 1. The third-order valence-electron chi connectivity index (χ3n) is 3.17. The Bertz CT molecular complexity index is 515. The van der Waals surface area contributed by atoms with Gasteiger partial charge in [-0.25, -0.2) is 8.42 Å². The van der Waals surface area contributed by atoms with Crippen LogP contribution in [0.3, 0.4) is 0 Å². The van der Waals surface area contributed by atoms with E-state index < -0.39 is 10.0 Å². The minimum Gasteiger partial charge on any atom is -0.207 e. The zero-order chi connectivity index (χ0) is 13.3. The number of benzene rings is 1. The van der Waals surface area contributed by atoms with E-state index in [0.29, 0.717) is 11.4 Å². The van der Waals surface area contributed by atoms with Crippen LogP contribution in [0.5, 0.6) is 0 Å². The fraction of sp³-hybridized carbons (Fsp3) is 0.500.